The van der Waals surface area contributed by atoms with Gasteiger partial charge in [-0.25, -0.2) is 4.79 Å². The molecule has 0 unspecified atom stereocenters. The van der Waals surface area contributed by atoms with Crippen molar-refractivity contribution in [3.8, 4) is 11.3 Å². The minimum absolute atomic E-state index is 0.198. The van der Waals surface area contributed by atoms with Crippen molar-refractivity contribution in [2.24, 2.45) is 0 Å². The van der Waals surface area contributed by atoms with Crippen LogP contribution in [0.25, 0.3) is 11.3 Å². The first-order valence-corrected chi connectivity index (χ1v) is 7.57. The highest BCUT2D eigenvalue weighted by molar-refractivity contribution is 6.33. The number of cyclic esters (lactones) is 1. The molecule has 6 nitrogen and oxygen atoms in total. The lowest BCUT2D eigenvalue weighted by Crippen LogP contribution is -2.35. The molecule has 0 saturated carbocycles. The van der Waals surface area contributed by atoms with E-state index < -0.39 is 0 Å². The fourth-order valence-corrected chi connectivity index (χ4v) is 2.51. The summed E-state index contributed by atoms with van der Waals surface area (Å²) in [7, 11) is 0. The number of nitrogens with zero attached hydrogens (tertiary/aromatic N) is 1. The number of ether oxygens (including phenoxy) is 1. The fraction of sp³-hybridized carbons (Fsp3) is 0.250. The Morgan fingerprint density at radius 2 is 2.09 bits per heavy atom. The van der Waals surface area contributed by atoms with Gasteiger partial charge in [-0.3, -0.25) is 4.79 Å². The van der Waals surface area contributed by atoms with Crippen molar-refractivity contribution in [2.45, 2.75) is 0 Å². The van der Waals surface area contributed by atoms with Gasteiger partial charge in [0.1, 0.15) is 12.4 Å². The number of benzene rings is 1. The summed E-state index contributed by atoms with van der Waals surface area (Å²) in [5.74, 6) is 0.392. The number of amides is 2. The molecule has 0 aliphatic carbocycles. The first-order valence-electron chi connectivity index (χ1n) is 7.20. The van der Waals surface area contributed by atoms with E-state index in [0.717, 1.165) is 5.56 Å². The molecule has 1 aromatic heterocycles. The van der Waals surface area contributed by atoms with E-state index in [1.807, 2.05) is 18.2 Å². The van der Waals surface area contributed by atoms with Crippen molar-refractivity contribution < 1.29 is 18.7 Å². The van der Waals surface area contributed by atoms with Crippen molar-refractivity contribution in [2.75, 3.05) is 26.2 Å². The zero-order valence-corrected chi connectivity index (χ0v) is 13.0. The molecular weight excluding hydrogens is 320 g/mol. The highest BCUT2D eigenvalue weighted by Crippen LogP contribution is 2.28. The SMILES string of the molecule is O=C(NCCN1CCOC1=O)c1ccc(-c2ccccc2Cl)o1. The first-order chi connectivity index (χ1) is 11.1. The summed E-state index contributed by atoms with van der Waals surface area (Å²) in [5.41, 5.74) is 0.730. The molecule has 0 atom stereocenters. The average molecular weight is 335 g/mol. The average Bonchev–Trinajstić information content (AvgIpc) is 3.17. The molecule has 0 bridgehead atoms. The molecule has 3 rings (SSSR count). The number of hydrogen-bond donors (Lipinski definition) is 1. The second kappa shape index (κ2) is 6.75. The second-order valence-corrected chi connectivity index (χ2v) is 5.41. The number of nitrogens with one attached hydrogen (secondary N) is 1. The Morgan fingerprint density at radius 3 is 2.83 bits per heavy atom. The summed E-state index contributed by atoms with van der Waals surface area (Å²) in [4.78, 5) is 24.9. The third-order valence-corrected chi connectivity index (χ3v) is 3.81. The Balaban J connectivity index is 1.58. The van der Waals surface area contributed by atoms with Gasteiger partial charge < -0.3 is 19.4 Å². The van der Waals surface area contributed by atoms with Gasteiger partial charge in [0.2, 0.25) is 0 Å². The molecule has 7 heteroatoms. The predicted molar refractivity (Wildman–Crippen MR) is 84.4 cm³/mol. The zero-order valence-electron chi connectivity index (χ0n) is 12.3. The number of carbonyl (C=O) groups excluding carboxylic acids is 2. The van der Waals surface area contributed by atoms with Crippen molar-refractivity contribution in [3.05, 3.63) is 47.2 Å². The van der Waals surface area contributed by atoms with Crippen molar-refractivity contribution in [1.29, 1.82) is 0 Å². The van der Waals surface area contributed by atoms with Crippen LogP contribution < -0.4 is 5.32 Å². The third-order valence-electron chi connectivity index (χ3n) is 3.48. The number of rotatable bonds is 5. The largest absolute Gasteiger partial charge is 0.451 e. The van der Waals surface area contributed by atoms with Gasteiger partial charge in [0.05, 0.1) is 11.6 Å². The van der Waals surface area contributed by atoms with Gasteiger partial charge in [-0.15, -0.1) is 0 Å². The van der Waals surface area contributed by atoms with Crippen LogP contribution >= 0.6 is 11.6 Å². The molecule has 1 aromatic carbocycles. The number of furan rings is 1. The summed E-state index contributed by atoms with van der Waals surface area (Å²) >= 11 is 6.11. The molecular formula is C16H15ClN2O4. The number of hydrogen-bond acceptors (Lipinski definition) is 4. The van der Waals surface area contributed by atoms with E-state index in [9.17, 15) is 9.59 Å². The summed E-state index contributed by atoms with van der Waals surface area (Å²) in [6, 6.07) is 10.5. The Morgan fingerprint density at radius 1 is 1.26 bits per heavy atom. The Bertz CT molecular complexity index is 728. The van der Waals surface area contributed by atoms with E-state index in [2.05, 4.69) is 5.32 Å². The maximum atomic E-state index is 12.1. The fourth-order valence-electron chi connectivity index (χ4n) is 2.29. The molecule has 2 amide bonds. The van der Waals surface area contributed by atoms with Gasteiger partial charge >= 0.3 is 6.09 Å². The Labute approximate surface area is 138 Å². The van der Waals surface area contributed by atoms with Gasteiger partial charge in [-0.05, 0) is 24.3 Å². The molecule has 1 aliphatic rings. The molecule has 0 spiro atoms. The smallest absolute Gasteiger partial charge is 0.409 e. The second-order valence-electron chi connectivity index (χ2n) is 5.00. The third kappa shape index (κ3) is 3.48. The molecule has 2 aromatic rings. The van der Waals surface area contributed by atoms with E-state index in [0.29, 0.717) is 37.0 Å². The van der Waals surface area contributed by atoms with E-state index in [4.69, 9.17) is 20.8 Å². The Hall–Kier alpha value is -2.47. The van der Waals surface area contributed by atoms with Crippen molar-refractivity contribution in [3.63, 3.8) is 0 Å². The Kier molecular flexibility index (Phi) is 4.52. The summed E-state index contributed by atoms with van der Waals surface area (Å²) in [6.07, 6.45) is -0.349. The normalized spacial score (nSPS) is 14.0. The van der Waals surface area contributed by atoms with Gasteiger partial charge in [0.15, 0.2) is 5.76 Å². The predicted octanol–water partition coefficient (Wildman–Crippen LogP) is 2.78. The standard InChI is InChI=1S/C16H15ClN2O4/c17-12-4-2-1-3-11(12)13-5-6-14(23-13)15(20)18-7-8-19-9-10-22-16(19)21/h1-6H,7-10H2,(H,18,20). The quantitative estimate of drug-likeness (QED) is 0.912. The van der Waals surface area contributed by atoms with Crippen molar-refractivity contribution >= 4 is 23.6 Å². The lowest BCUT2D eigenvalue weighted by Gasteiger charge is -2.12. The highest BCUT2D eigenvalue weighted by atomic mass is 35.5. The lowest BCUT2D eigenvalue weighted by atomic mass is 10.2. The minimum Gasteiger partial charge on any atom is -0.451 e. The van der Waals surface area contributed by atoms with Crippen LogP contribution in [-0.4, -0.2) is 43.1 Å². The monoisotopic (exact) mass is 334 g/mol. The van der Waals surface area contributed by atoms with Crippen molar-refractivity contribution in [1.82, 2.24) is 10.2 Å². The van der Waals surface area contributed by atoms with Crippen LogP contribution in [0.5, 0.6) is 0 Å². The molecule has 2 heterocycles. The van der Waals surface area contributed by atoms with Crippen LogP contribution in [0.1, 0.15) is 10.6 Å². The topological polar surface area (TPSA) is 71.8 Å². The molecule has 0 radical (unpaired) electrons. The molecule has 120 valence electrons. The van der Waals surface area contributed by atoms with Crippen LogP contribution in [-0.2, 0) is 4.74 Å². The van der Waals surface area contributed by atoms with Gasteiger partial charge in [0, 0.05) is 18.7 Å². The number of carbonyl (C=O) groups is 2. The molecule has 1 saturated heterocycles. The lowest BCUT2D eigenvalue weighted by molar-refractivity contribution is 0.0922. The van der Waals surface area contributed by atoms with Crippen LogP contribution in [0.3, 0.4) is 0 Å². The zero-order chi connectivity index (χ0) is 16.2. The summed E-state index contributed by atoms with van der Waals surface area (Å²) in [5, 5.41) is 3.27. The van der Waals surface area contributed by atoms with Gasteiger partial charge in [0.25, 0.3) is 5.91 Å². The van der Waals surface area contributed by atoms with E-state index in [1.165, 1.54) is 4.90 Å². The minimum atomic E-state index is -0.349. The molecule has 1 aliphatic heterocycles. The molecule has 23 heavy (non-hydrogen) atoms. The van der Waals surface area contributed by atoms with Gasteiger partial charge in [-0.2, -0.15) is 0 Å². The summed E-state index contributed by atoms with van der Waals surface area (Å²) < 4.78 is 10.4. The van der Waals surface area contributed by atoms with Gasteiger partial charge in [-0.1, -0.05) is 23.7 Å². The van der Waals surface area contributed by atoms with Crippen LogP contribution in [0.4, 0.5) is 4.79 Å². The van der Waals surface area contributed by atoms with Crippen LogP contribution in [0, 0.1) is 0 Å². The van der Waals surface area contributed by atoms with E-state index in [1.54, 1.807) is 18.2 Å². The van der Waals surface area contributed by atoms with Crippen LogP contribution in [0.15, 0.2) is 40.8 Å². The van der Waals surface area contributed by atoms with E-state index in [-0.39, 0.29) is 17.8 Å². The van der Waals surface area contributed by atoms with Crippen LogP contribution in [0.2, 0.25) is 5.02 Å². The maximum absolute atomic E-state index is 12.1. The molecule has 1 N–H and O–H groups in total. The number of halogens is 1. The maximum Gasteiger partial charge on any atom is 0.409 e. The highest BCUT2D eigenvalue weighted by Gasteiger charge is 2.21. The summed E-state index contributed by atoms with van der Waals surface area (Å²) in [6.45, 7) is 1.68. The van der Waals surface area contributed by atoms with E-state index >= 15 is 0 Å². The first kappa shape index (κ1) is 15.4. The molecule has 1 fully saturated rings.